The molecule has 0 bridgehead atoms. The highest BCUT2D eigenvalue weighted by Crippen LogP contribution is 2.18. The minimum atomic E-state index is -1.18. The molecule has 8 N–H and O–H groups in total. The van der Waals surface area contributed by atoms with Crippen molar-refractivity contribution in [3.8, 4) is 0 Å². The van der Waals surface area contributed by atoms with Crippen LogP contribution in [0.3, 0.4) is 0 Å². The molecule has 11 heteroatoms. The fourth-order valence-corrected chi connectivity index (χ4v) is 3.70. The molecule has 1 heterocycles. The molecule has 0 radical (unpaired) electrons. The maximum absolute atomic E-state index is 12.7. The molecular weight excluding hydrogens is 434 g/mol. The van der Waals surface area contributed by atoms with Gasteiger partial charge in [0, 0.05) is 23.5 Å². The van der Waals surface area contributed by atoms with Crippen LogP contribution < -0.4 is 22.1 Å². The normalized spacial score (nSPS) is 13.8. The first kappa shape index (κ1) is 25.2. The number of primary amides is 1. The van der Waals surface area contributed by atoms with Gasteiger partial charge in [0.1, 0.15) is 12.1 Å². The lowest BCUT2D eigenvalue weighted by Crippen LogP contribution is -2.55. The number of amides is 3. The van der Waals surface area contributed by atoms with Crippen LogP contribution >= 0.6 is 11.8 Å². The molecule has 3 unspecified atom stereocenters. The molecule has 2 rings (SSSR count). The van der Waals surface area contributed by atoms with E-state index in [1.807, 2.05) is 30.5 Å². The van der Waals surface area contributed by atoms with Gasteiger partial charge in [0.05, 0.1) is 6.04 Å². The minimum Gasteiger partial charge on any atom is -0.480 e. The molecule has 174 valence electrons. The van der Waals surface area contributed by atoms with Crippen LogP contribution in [0.1, 0.15) is 24.8 Å². The molecule has 0 aliphatic carbocycles. The van der Waals surface area contributed by atoms with E-state index in [1.54, 1.807) is 6.20 Å². The predicted molar refractivity (Wildman–Crippen MR) is 123 cm³/mol. The molecule has 3 atom stereocenters. The molecule has 2 aromatic rings. The lowest BCUT2D eigenvalue weighted by molar-refractivity contribution is -0.142. The molecule has 3 amide bonds. The van der Waals surface area contributed by atoms with Crippen LogP contribution in [0.2, 0.25) is 0 Å². The van der Waals surface area contributed by atoms with E-state index in [-0.39, 0.29) is 25.7 Å². The third kappa shape index (κ3) is 7.27. The number of para-hydroxylation sites is 1. The Balaban J connectivity index is 2.06. The van der Waals surface area contributed by atoms with Gasteiger partial charge in [-0.25, -0.2) is 4.79 Å². The number of carbonyl (C=O) groups excluding carboxylic acids is 3. The van der Waals surface area contributed by atoms with Crippen molar-refractivity contribution in [2.75, 3.05) is 12.0 Å². The Morgan fingerprint density at radius 1 is 1.09 bits per heavy atom. The zero-order chi connectivity index (χ0) is 23.7. The first-order chi connectivity index (χ1) is 15.2. The van der Waals surface area contributed by atoms with Gasteiger partial charge in [-0.2, -0.15) is 11.8 Å². The first-order valence-corrected chi connectivity index (χ1v) is 11.5. The van der Waals surface area contributed by atoms with Gasteiger partial charge in [0.2, 0.25) is 17.7 Å². The summed E-state index contributed by atoms with van der Waals surface area (Å²) in [7, 11) is 0. The van der Waals surface area contributed by atoms with Crippen LogP contribution in [0.15, 0.2) is 30.5 Å². The number of carboxylic acids is 1. The van der Waals surface area contributed by atoms with Crippen LogP contribution in [-0.2, 0) is 25.6 Å². The maximum atomic E-state index is 12.7. The molecular formula is C21H29N5O5S. The van der Waals surface area contributed by atoms with Gasteiger partial charge in [-0.3, -0.25) is 14.4 Å². The van der Waals surface area contributed by atoms with E-state index in [1.165, 1.54) is 11.8 Å². The largest absolute Gasteiger partial charge is 0.480 e. The zero-order valence-electron chi connectivity index (χ0n) is 17.8. The summed E-state index contributed by atoms with van der Waals surface area (Å²) in [6.07, 6.45) is 3.83. The first-order valence-electron chi connectivity index (χ1n) is 10.1. The fourth-order valence-electron chi connectivity index (χ4n) is 3.23. The lowest BCUT2D eigenvalue weighted by Gasteiger charge is -2.22. The Bertz CT molecular complexity index is 963. The van der Waals surface area contributed by atoms with Gasteiger partial charge in [-0.1, -0.05) is 18.2 Å². The van der Waals surface area contributed by atoms with Crippen molar-refractivity contribution in [1.82, 2.24) is 15.6 Å². The Hall–Kier alpha value is -3.05. The van der Waals surface area contributed by atoms with E-state index in [4.69, 9.17) is 11.5 Å². The van der Waals surface area contributed by atoms with E-state index in [2.05, 4.69) is 15.6 Å². The van der Waals surface area contributed by atoms with Gasteiger partial charge in [-0.05, 0) is 42.9 Å². The molecule has 0 saturated heterocycles. The number of benzene rings is 1. The number of aromatic amines is 1. The second-order valence-electron chi connectivity index (χ2n) is 7.42. The van der Waals surface area contributed by atoms with Gasteiger partial charge in [0.15, 0.2) is 0 Å². The van der Waals surface area contributed by atoms with Crippen LogP contribution in [-0.4, -0.2) is 63.9 Å². The van der Waals surface area contributed by atoms with Crippen molar-refractivity contribution in [2.24, 2.45) is 11.5 Å². The van der Waals surface area contributed by atoms with E-state index in [0.717, 1.165) is 16.5 Å². The number of fused-ring (bicyclic) bond motifs is 1. The zero-order valence-corrected chi connectivity index (χ0v) is 18.6. The van der Waals surface area contributed by atoms with Gasteiger partial charge in [0.25, 0.3) is 0 Å². The summed E-state index contributed by atoms with van der Waals surface area (Å²) in [6.45, 7) is 0. The summed E-state index contributed by atoms with van der Waals surface area (Å²) in [4.78, 5) is 51.1. The Labute approximate surface area is 189 Å². The van der Waals surface area contributed by atoms with Crippen molar-refractivity contribution < 1.29 is 24.3 Å². The SMILES string of the molecule is CSCCC(NC(=O)C(CCC(N)=O)NC(=O)C(N)Cc1c[nH]c2ccccc12)C(=O)O. The molecule has 10 nitrogen and oxygen atoms in total. The predicted octanol–water partition coefficient (Wildman–Crippen LogP) is 0.111. The third-order valence-corrected chi connectivity index (χ3v) is 5.63. The molecule has 1 aromatic heterocycles. The fraction of sp³-hybridized carbons (Fsp3) is 0.429. The summed E-state index contributed by atoms with van der Waals surface area (Å²) in [6, 6.07) is 4.39. The number of nitrogens with one attached hydrogen (secondary N) is 3. The highest BCUT2D eigenvalue weighted by atomic mass is 32.2. The highest BCUT2D eigenvalue weighted by Gasteiger charge is 2.28. The standard InChI is InChI=1S/C21H29N5O5S/c1-32-9-8-17(21(30)31)26-20(29)16(6-7-18(23)27)25-19(28)14(22)10-12-11-24-15-5-3-2-4-13(12)15/h2-5,11,14,16-17,24H,6-10,22H2,1H3,(H2,23,27)(H,25,28)(H,26,29)(H,30,31). The lowest BCUT2D eigenvalue weighted by atomic mass is 10.0. The van der Waals surface area contributed by atoms with Crippen LogP contribution in [0.5, 0.6) is 0 Å². The topological polar surface area (TPSA) is 180 Å². The van der Waals surface area contributed by atoms with Crippen LogP contribution in [0.4, 0.5) is 0 Å². The number of thioether (sulfide) groups is 1. The average molecular weight is 464 g/mol. The van der Waals surface area contributed by atoms with E-state index < -0.39 is 41.8 Å². The number of H-pyrrole nitrogens is 1. The molecule has 0 fully saturated rings. The molecule has 1 aromatic carbocycles. The number of carbonyl (C=O) groups is 4. The van der Waals surface area contributed by atoms with E-state index in [9.17, 15) is 24.3 Å². The number of aliphatic carboxylic acids is 1. The number of aromatic nitrogens is 1. The summed E-state index contributed by atoms with van der Waals surface area (Å²) in [5.74, 6) is -2.57. The maximum Gasteiger partial charge on any atom is 0.326 e. The third-order valence-electron chi connectivity index (χ3n) is 4.99. The molecule has 0 spiro atoms. The van der Waals surface area contributed by atoms with Crippen LogP contribution in [0.25, 0.3) is 10.9 Å². The Kier molecular flexibility index (Phi) is 9.54. The summed E-state index contributed by atoms with van der Waals surface area (Å²) >= 11 is 1.45. The van der Waals surface area contributed by atoms with Crippen LogP contribution in [0, 0.1) is 0 Å². The van der Waals surface area contributed by atoms with Gasteiger partial charge >= 0.3 is 5.97 Å². The smallest absolute Gasteiger partial charge is 0.326 e. The average Bonchev–Trinajstić information content (AvgIpc) is 3.16. The number of hydrogen-bond acceptors (Lipinski definition) is 6. The van der Waals surface area contributed by atoms with E-state index >= 15 is 0 Å². The molecule has 0 saturated carbocycles. The van der Waals surface area contributed by atoms with Crippen molar-refractivity contribution in [3.63, 3.8) is 0 Å². The minimum absolute atomic E-state index is 0.0679. The Morgan fingerprint density at radius 2 is 1.78 bits per heavy atom. The quantitative estimate of drug-likeness (QED) is 0.244. The summed E-state index contributed by atoms with van der Waals surface area (Å²) in [5, 5.41) is 15.2. The molecule has 0 aliphatic rings. The number of rotatable bonds is 13. The number of hydrogen-bond donors (Lipinski definition) is 6. The second-order valence-corrected chi connectivity index (χ2v) is 8.40. The molecule has 0 aliphatic heterocycles. The van der Waals surface area contributed by atoms with Gasteiger partial charge in [-0.15, -0.1) is 0 Å². The Morgan fingerprint density at radius 3 is 2.44 bits per heavy atom. The monoisotopic (exact) mass is 463 g/mol. The van der Waals surface area contributed by atoms with Crippen molar-refractivity contribution in [1.29, 1.82) is 0 Å². The van der Waals surface area contributed by atoms with Crippen molar-refractivity contribution >= 4 is 46.4 Å². The molecule has 32 heavy (non-hydrogen) atoms. The highest BCUT2D eigenvalue weighted by molar-refractivity contribution is 7.98. The van der Waals surface area contributed by atoms with Gasteiger partial charge < -0.3 is 32.2 Å². The van der Waals surface area contributed by atoms with Crippen molar-refractivity contribution in [3.05, 3.63) is 36.0 Å². The van der Waals surface area contributed by atoms with E-state index in [0.29, 0.717) is 5.75 Å². The summed E-state index contributed by atoms with van der Waals surface area (Å²) in [5.41, 5.74) is 13.0. The van der Waals surface area contributed by atoms with Crippen molar-refractivity contribution in [2.45, 2.75) is 43.8 Å². The number of carboxylic acid groups (broad SMARTS) is 1. The number of nitrogens with two attached hydrogens (primary N) is 2. The summed E-state index contributed by atoms with van der Waals surface area (Å²) < 4.78 is 0. The second kappa shape index (κ2) is 12.1.